The van der Waals surface area contributed by atoms with Gasteiger partial charge in [0, 0.05) is 6.42 Å². The summed E-state index contributed by atoms with van der Waals surface area (Å²) in [6.07, 6.45) is 9.87. The smallest absolute Gasteiger partial charge is 0.308 e. The highest BCUT2D eigenvalue weighted by Crippen LogP contribution is 2.14. The molecule has 0 N–H and O–H groups in total. The summed E-state index contributed by atoms with van der Waals surface area (Å²) in [5.74, 6) is -0.281. The predicted molar refractivity (Wildman–Crippen MR) is 208 cm³/mol. The number of unbranched alkanes of at least 4 members (excludes halogenated alkanes) is 5. The molecule has 55 heavy (non-hydrogen) atoms. The lowest BCUT2D eigenvalue weighted by molar-refractivity contribution is -0.150. The third-order valence-corrected chi connectivity index (χ3v) is 7.90. The molecule has 0 rings (SSSR count). The monoisotopic (exact) mass is 799 g/mol. The first-order chi connectivity index (χ1) is 27.2. The topological polar surface area (TPSA) is 154 Å². The van der Waals surface area contributed by atoms with Gasteiger partial charge in [-0.25, -0.2) is 0 Å². The van der Waals surface area contributed by atoms with Crippen LogP contribution in [0.25, 0.3) is 0 Å². The summed E-state index contributed by atoms with van der Waals surface area (Å²) >= 11 is 0. The Bertz CT molecular complexity index is 777. The van der Waals surface area contributed by atoms with E-state index in [9.17, 15) is 9.59 Å². The molecule has 1 unspecified atom stereocenters. The molecule has 0 amide bonds. The predicted octanol–water partition coefficient (Wildman–Crippen LogP) is 4.83. The van der Waals surface area contributed by atoms with Crippen LogP contribution in [0, 0.1) is 5.92 Å². The van der Waals surface area contributed by atoms with Gasteiger partial charge in [-0.3, -0.25) is 9.59 Å². The number of hydrogen-bond donors (Lipinski definition) is 0. The normalized spacial score (nSPS) is 12.0. The summed E-state index contributed by atoms with van der Waals surface area (Å²) in [7, 11) is 0. The van der Waals surface area contributed by atoms with Crippen LogP contribution < -0.4 is 0 Å². The molecule has 0 aliphatic heterocycles. The van der Waals surface area contributed by atoms with Gasteiger partial charge < -0.3 is 61.6 Å². The largest absolute Gasteiger partial charge is 0.463 e. The molecule has 0 aliphatic rings. The van der Waals surface area contributed by atoms with E-state index in [4.69, 9.17) is 61.6 Å². The molecule has 0 fully saturated rings. The summed E-state index contributed by atoms with van der Waals surface area (Å²) in [6.45, 7) is 17.2. The van der Waals surface area contributed by atoms with Gasteiger partial charge in [0.1, 0.15) is 13.2 Å². The SMILES string of the molecule is CCCCCCCC(=O)OCCOCCOCCOCCOCCOCCOCCOCCOCCOCCOCCOCCOC(=O)C(CC)CCCC. The van der Waals surface area contributed by atoms with Crippen LogP contribution in [-0.2, 0) is 71.2 Å². The van der Waals surface area contributed by atoms with E-state index in [1.165, 1.54) is 19.3 Å². The Morgan fingerprint density at radius 2 is 0.636 bits per heavy atom. The zero-order valence-corrected chi connectivity index (χ0v) is 34.7. The summed E-state index contributed by atoms with van der Waals surface area (Å²) in [5.41, 5.74) is 0. The van der Waals surface area contributed by atoms with Crippen molar-refractivity contribution >= 4 is 11.9 Å². The molecule has 0 saturated carbocycles. The second-order valence-electron chi connectivity index (χ2n) is 12.5. The minimum atomic E-state index is -0.151. The lowest BCUT2D eigenvalue weighted by Gasteiger charge is -2.13. The summed E-state index contributed by atoms with van der Waals surface area (Å²) < 4.78 is 70.7. The van der Waals surface area contributed by atoms with Crippen molar-refractivity contribution in [3.63, 3.8) is 0 Å². The number of carbonyl (C=O) groups excluding carboxylic acids is 2. The van der Waals surface area contributed by atoms with Crippen LogP contribution >= 0.6 is 0 Å². The minimum Gasteiger partial charge on any atom is -0.463 e. The van der Waals surface area contributed by atoms with E-state index in [0.29, 0.717) is 152 Å². The van der Waals surface area contributed by atoms with Crippen LogP contribution in [-0.4, -0.2) is 171 Å². The van der Waals surface area contributed by atoms with Gasteiger partial charge in [0.05, 0.1) is 151 Å². The Kier molecular flexibility index (Phi) is 45.6. The Morgan fingerprint density at radius 1 is 0.345 bits per heavy atom. The fourth-order valence-corrected chi connectivity index (χ4v) is 4.72. The Hall–Kier alpha value is -1.50. The molecule has 0 radical (unpaired) electrons. The van der Waals surface area contributed by atoms with Gasteiger partial charge in [-0.2, -0.15) is 0 Å². The number of ether oxygens (including phenoxy) is 13. The molecule has 328 valence electrons. The number of esters is 2. The Labute approximate surface area is 332 Å². The van der Waals surface area contributed by atoms with Crippen molar-refractivity contribution in [2.75, 3.05) is 159 Å². The van der Waals surface area contributed by atoms with Crippen LogP contribution in [0.2, 0.25) is 0 Å². The van der Waals surface area contributed by atoms with Gasteiger partial charge in [0.2, 0.25) is 0 Å². The van der Waals surface area contributed by atoms with Gasteiger partial charge >= 0.3 is 11.9 Å². The molecule has 15 nitrogen and oxygen atoms in total. The minimum absolute atomic E-state index is 0.00774. The average Bonchev–Trinajstić information content (AvgIpc) is 3.19. The molecule has 0 spiro atoms. The average molecular weight is 799 g/mol. The molecule has 0 aliphatic carbocycles. The van der Waals surface area contributed by atoms with Crippen LogP contribution in [0.3, 0.4) is 0 Å². The van der Waals surface area contributed by atoms with E-state index in [1.54, 1.807) is 0 Å². The molecule has 0 bridgehead atoms. The summed E-state index contributed by atoms with van der Waals surface area (Å²) in [6, 6.07) is 0. The van der Waals surface area contributed by atoms with Gasteiger partial charge in [-0.05, 0) is 19.3 Å². The lowest BCUT2D eigenvalue weighted by atomic mass is 10.00. The zero-order valence-electron chi connectivity index (χ0n) is 34.7. The van der Waals surface area contributed by atoms with Crippen molar-refractivity contribution in [1.29, 1.82) is 0 Å². The van der Waals surface area contributed by atoms with Crippen molar-refractivity contribution in [3.05, 3.63) is 0 Å². The first-order valence-electron chi connectivity index (χ1n) is 20.8. The highest BCUT2D eigenvalue weighted by Gasteiger charge is 2.17. The number of hydrogen-bond acceptors (Lipinski definition) is 15. The van der Waals surface area contributed by atoms with Gasteiger partial charge in [-0.15, -0.1) is 0 Å². The van der Waals surface area contributed by atoms with E-state index in [0.717, 1.165) is 38.5 Å². The zero-order chi connectivity index (χ0) is 40.0. The molecular formula is C40H78O15. The third kappa shape index (κ3) is 43.5. The first kappa shape index (κ1) is 53.5. The van der Waals surface area contributed by atoms with Gasteiger partial charge in [0.15, 0.2) is 0 Å². The van der Waals surface area contributed by atoms with Crippen molar-refractivity contribution in [2.45, 2.75) is 85.0 Å². The molecule has 0 aromatic rings. The van der Waals surface area contributed by atoms with Gasteiger partial charge in [0.25, 0.3) is 0 Å². The van der Waals surface area contributed by atoms with E-state index in [2.05, 4.69) is 13.8 Å². The van der Waals surface area contributed by atoms with Gasteiger partial charge in [-0.1, -0.05) is 59.3 Å². The number of carbonyl (C=O) groups is 2. The van der Waals surface area contributed by atoms with Crippen molar-refractivity contribution in [3.8, 4) is 0 Å². The van der Waals surface area contributed by atoms with Crippen LogP contribution in [0.1, 0.15) is 85.0 Å². The summed E-state index contributed by atoms with van der Waals surface area (Å²) in [4.78, 5) is 23.7. The molecule has 0 heterocycles. The van der Waals surface area contributed by atoms with Crippen LogP contribution in [0.4, 0.5) is 0 Å². The second kappa shape index (κ2) is 46.9. The molecular weight excluding hydrogens is 720 g/mol. The van der Waals surface area contributed by atoms with Crippen LogP contribution in [0.5, 0.6) is 0 Å². The van der Waals surface area contributed by atoms with Crippen molar-refractivity contribution in [1.82, 2.24) is 0 Å². The maximum absolute atomic E-state index is 12.0. The number of rotatable bonds is 47. The maximum Gasteiger partial charge on any atom is 0.308 e. The molecule has 15 heteroatoms. The van der Waals surface area contributed by atoms with Crippen molar-refractivity contribution in [2.24, 2.45) is 5.92 Å². The highest BCUT2D eigenvalue weighted by atomic mass is 16.6. The van der Waals surface area contributed by atoms with Crippen LogP contribution in [0.15, 0.2) is 0 Å². The molecule has 0 saturated heterocycles. The first-order valence-corrected chi connectivity index (χ1v) is 20.8. The Balaban J connectivity index is 3.16. The fraction of sp³-hybridized carbons (Fsp3) is 0.950. The quantitative estimate of drug-likeness (QED) is 0.0610. The second-order valence-corrected chi connectivity index (χ2v) is 12.5. The lowest BCUT2D eigenvalue weighted by Crippen LogP contribution is -2.20. The maximum atomic E-state index is 12.0. The van der Waals surface area contributed by atoms with E-state index < -0.39 is 0 Å². The highest BCUT2D eigenvalue weighted by molar-refractivity contribution is 5.72. The Morgan fingerprint density at radius 3 is 0.945 bits per heavy atom. The molecule has 0 aromatic carbocycles. The summed E-state index contributed by atoms with van der Waals surface area (Å²) in [5, 5.41) is 0. The standard InChI is InChI=1S/C40H78O15/c1-4-7-9-10-11-13-39(41)54-36-34-52-32-30-50-28-26-48-24-22-46-20-18-44-16-14-43-15-17-45-19-21-47-23-25-49-27-29-51-31-33-53-35-37-55-40(42)38(6-3)12-8-5-2/h38H,4-37H2,1-3H3. The van der Waals surface area contributed by atoms with E-state index in [1.807, 2.05) is 6.92 Å². The van der Waals surface area contributed by atoms with E-state index in [-0.39, 0.29) is 31.1 Å². The van der Waals surface area contributed by atoms with Crippen molar-refractivity contribution < 1.29 is 71.2 Å². The third-order valence-electron chi connectivity index (χ3n) is 7.90. The molecule has 0 aromatic heterocycles. The fourth-order valence-electron chi connectivity index (χ4n) is 4.72. The van der Waals surface area contributed by atoms with E-state index >= 15 is 0 Å². The molecule has 1 atom stereocenters.